The third-order valence-electron chi connectivity index (χ3n) is 2.70. The lowest BCUT2D eigenvalue weighted by Crippen LogP contribution is -2.27. The molecule has 0 aliphatic heterocycles. The van der Waals surface area contributed by atoms with Crippen molar-refractivity contribution in [3.8, 4) is 0 Å². The third-order valence-corrected chi connectivity index (χ3v) is 4.99. The van der Waals surface area contributed by atoms with E-state index in [1.54, 1.807) is 13.0 Å². The molecule has 0 spiro atoms. The van der Waals surface area contributed by atoms with Gasteiger partial charge in [0, 0.05) is 23.1 Å². The molecule has 1 aromatic carbocycles. The lowest BCUT2D eigenvalue weighted by atomic mass is 10.2. The molecule has 0 radical (unpaired) electrons. The first-order valence-electron chi connectivity index (χ1n) is 5.79. The first-order valence-corrected chi connectivity index (χ1v) is 8.07. The van der Waals surface area contributed by atoms with Gasteiger partial charge in [0.25, 0.3) is 0 Å². The number of benzene rings is 1. The van der Waals surface area contributed by atoms with E-state index < -0.39 is 10.0 Å². The van der Waals surface area contributed by atoms with Crippen LogP contribution in [0.5, 0.6) is 0 Å². The van der Waals surface area contributed by atoms with Crippen LogP contribution in [0.3, 0.4) is 0 Å². The Morgan fingerprint density at radius 2 is 2.20 bits per heavy atom. The second-order valence-corrected chi connectivity index (χ2v) is 6.81. The van der Waals surface area contributed by atoms with Crippen LogP contribution in [0, 0.1) is 6.92 Å². The average molecular weight is 360 g/mol. The summed E-state index contributed by atoms with van der Waals surface area (Å²) in [6.45, 7) is 1.95. The second kappa shape index (κ2) is 5.90. The number of hydrogen-bond donors (Lipinski definition) is 3. The van der Waals surface area contributed by atoms with Gasteiger partial charge in [0.2, 0.25) is 10.0 Å². The predicted octanol–water partition coefficient (Wildman–Crippen LogP) is 0.979. The highest BCUT2D eigenvalue weighted by Crippen LogP contribution is 2.26. The summed E-state index contributed by atoms with van der Waals surface area (Å²) in [6, 6.07) is 3.12. The van der Waals surface area contributed by atoms with Gasteiger partial charge in [0.15, 0.2) is 0 Å². The van der Waals surface area contributed by atoms with Gasteiger partial charge in [0.05, 0.1) is 4.90 Å². The minimum atomic E-state index is -3.60. The lowest BCUT2D eigenvalue weighted by molar-refractivity contribution is 0.580. The first-order chi connectivity index (χ1) is 9.40. The number of nitrogens with zero attached hydrogens (tertiary/aromatic N) is 2. The van der Waals surface area contributed by atoms with E-state index in [4.69, 9.17) is 5.73 Å². The third kappa shape index (κ3) is 3.35. The summed E-state index contributed by atoms with van der Waals surface area (Å²) in [6.07, 6.45) is 1.81. The smallest absolute Gasteiger partial charge is 0.240 e. The fourth-order valence-corrected chi connectivity index (χ4v) is 3.44. The van der Waals surface area contributed by atoms with Crippen molar-refractivity contribution in [2.75, 3.05) is 12.3 Å². The average Bonchev–Trinajstić information content (AvgIpc) is 2.86. The van der Waals surface area contributed by atoms with Gasteiger partial charge in [-0.05, 0) is 40.5 Å². The molecule has 4 N–H and O–H groups in total. The Kier molecular flexibility index (Phi) is 4.41. The monoisotopic (exact) mass is 359 g/mol. The molecule has 108 valence electrons. The van der Waals surface area contributed by atoms with Crippen molar-refractivity contribution in [3.05, 3.63) is 34.3 Å². The predicted molar refractivity (Wildman–Crippen MR) is 78.6 cm³/mol. The maximum atomic E-state index is 12.2. The van der Waals surface area contributed by atoms with Crippen LogP contribution >= 0.6 is 15.9 Å². The second-order valence-electron chi connectivity index (χ2n) is 4.22. The van der Waals surface area contributed by atoms with Crippen LogP contribution in [0.4, 0.5) is 5.69 Å². The minimum absolute atomic E-state index is 0.177. The topological polar surface area (TPSA) is 114 Å². The van der Waals surface area contributed by atoms with Crippen molar-refractivity contribution in [1.29, 1.82) is 0 Å². The van der Waals surface area contributed by atoms with Crippen LogP contribution in [0.1, 0.15) is 11.4 Å². The number of halogens is 1. The molecule has 0 amide bonds. The van der Waals surface area contributed by atoms with Gasteiger partial charge < -0.3 is 5.73 Å². The molecule has 0 aliphatic carbocycles. The molecule has 0 bridgehead atoms. The Bertz CT molecular complexity index is 700. The Hall–Kier alpha value is -1.45. The first kappa shape index (κ1) is 14.9. The highest BCUT2D eigenvalue weighted by Gasteiger charge is 2.18. The van der Waals surface area contributed by atoms with E-state index in [2.05, 4.69) is 35.8 Å². The van der Waals surface area contributed by atoms with Gasteiger partial charge in [-0.25, -0.2) is 18.1 Å². The lowest BCUT2D eigenvalue weighted by Gasteiger charge is -2.10. The largest absolute Gasteiger partial charge is 0.398 e. The fraction of sp³-hybridized carbons (Fsp3) is 0.273. The van der Waals surface area contributed by atoms with Crippen LogP contribution in [-0.4, -0.2) is 30.1 Å². The number of anilines is 1. The van der Waals surface area contributed by atoms with E-state index >= 15 is 0 Å². The molecule has 0 aliphatic rings. The van der Waals surface area contributed by atoms with E-state index in [0.717, 1.165) is 0 Å². The van der Waals surface area contributed by atoms with Gasteiger partial charge in [-0.3, -0.25) is 5.10 Å². The SMILES string of the molecule is Cc1cc(Br)c(N)cc1S(=O)(=O)NCCc1ncn[nH]1. The normalized spacial score (nSPS) is 11.7. The molecule has 1 heterocycles. The van der Waals surface area contributed by atoms with Crippen molar-refractivity contribution in [2.45, 2.75) is 18.2 Å². The summed E-state index contributed by atoms with van der Waals surface area (Å²) in [5.41, 5.74) is 6.73. The quantitative estimate of drug-likeness (QED) is 0.688. The molecule has 7 nitrogen and oxygen atoms in total. The van der Waals surface area contributed by atoms with Crippen molar-refractivity contribution in [3.63, 3.8) is 0 Å². The fourth-order valence-electron chi connectivity index (χ4n) is 1.69. The molecule has 9 heteroatoms. The summed E-state index contributed by atoms with van der Waals surface area (Å²) in [5, 5.41) is 6.36. The summed E-state index contributed by atoms with van der Waals surface area (Å²) in [7, 11) is -3.60. The van der Waals surface area contributed by atoms with Gasteiger partial charge in [-0.15, -0.1) is 0 Å². The summed E-state index contributed by atoms with van der Waals surface area (Å²) < 4.78 is 27.6. The maximum Gasteiger partial charge on any atom is 0.240 e. The highest BCUT2D eigenvalue weighted by molar-refractivity contribution is 9.10. The molecule has 2 rings (SSSR count). The zero-order valence-electron chi connectivity index (χ0n) is 10.7. The number of rotatable bonds is 5. The molecular weight excluding hydrogens is 346 g/mol. The molecule has 2 aromatic rings. The Labute approximate surface area is 125 Å². The number of sulfonamides is 1. The number of nitrogens with two attached hydrogens (primary N) is 1. The van der Waals surface area contributed by atoms with E-state index in [1.807, 2.05) is 0 Å². The summed E-state index contributed by atoms with van der Waals surface area (Å²) in [4.78, 5) is 4.10. The highest BCUT2D eigenvalue weighted by atomic mass is 79.9. The molecule has 0 saturated heterocycles. The molecule has 0 fully saturated rings. The van der Waals surface area contributed by atoms with Gasteiger partial charge in [0.1, 0.15) is 12.2 Å². The summed E-state index contributed by atoms with van der Waals surface area (Å²) >= 11 is 3.27. The molecule has 0 unspecified atom stereocenters. The molecule has 0 saturated carbocycles. The Morgan fingerprint density at radius 3 is 2.85 bits per heavy atom. The van der Waals surface area contributed by atoms with E-state index in [9.17, 15) is 8.42 Å². The number of hydrogen-bond acceptors (Lipinski definition) is 5. The van der Waals surface area contributed by atoms with Crippen molar-refractivity contribution in [2.24, 2.45) is 0 Å². The number of nitrogens with one attached hydrogen (secondary N) is 2. The van der Waals surface area contributed by atoms with Crippen molar-refractivity contribution < 1.29 is 8.42 Å². The number of H-pyrrole nitrogens is 1. The number of aryl methyl sites for hydroxylation is 1. The minimum Gasteiger partial charge on any atom is -0.398 e. The standard InChI is InChI=1S/C11H14BrN5O2S/c1-7-4-8(12)9(13)5-10(7)20(18,19)16-3-2-11-14-6-15-17-11/h4-6,16H,2-3,13H2,1H3,(H,14,15,17). The van der Waals surface area contributed by atoms with Crippen molar-refractivity contribution in [1.82, 2.24) is 19.9 Å². The molecule has 0 atom stereocenters. The number of aromatic nitrogens is 3. The van der Waals surface area contributed by atoms with E-state index in [-0.39, 0.29) is 11.4 Å². The zero-order chi connectivity index (χ0) is 14.8. The maximum absolute atomic E-state index is 12.2. The van der Waals surface area contributed by atoms with Crippen molar-refractivity contribution >= 4 is 31.6 Å². The number of nitrogen functional groups attached to an aromatic ring is 1. The van der Waals surface area contributed by atoms with Crippen LogP contribution < -0.4 is 10.5 Å². The van der Waals surface area contributed by atoms with Crippen LogP contribution in [-0.2, 0) is 16.4 Å². The Balaban J connectivity index is 2.12. The van der Waals surface area contributed by atoms with E-state index in [0.29, 0.717) is 28.0 Å². The van der Waals surface area contributed by atoms with Gasteiger partial charge in [-0.2, -0.15) is 5.10 Å². The molecular formula is C11H14BrN5O2S. The van der Waals surface area contributed by atoms with E-state index in [1.165, 1.54) is 12.4 Å². The van der Waals surface area contributed by atoms with Gasteiger partial charge in [-0.1, -0.05) is 0 Å². The summed E-state index contributed by atoms with van der Waals surface area (Å²) in [5.74, 6) is 0.625. The van der Waals surface area contributed by atoms with Gasteiger partial charge >= 0.3 is 0 Å². The van der Waals surface area contributed by atoms with Crippen LogP contribution in [0.2, 0.25) is 0 Å². The molecule has 1 aromatic heterocycles. The zero-order valence-corrected chi connectivity index (χ0v) is 13.1. The molecule has 20 heavy (non-hydrogen) atoms. The Morgan fingerprint density at radius 1 is 1.45 bits per heavy atom. The van der Waals surface area contributed by atoms with Crippen LogP contribution in [0.25, 0.3) is 0 Å². The number of aromatic amines is 1. The van der Waals surface area contributed by atoms with Crippen LogP contribution in [0.15, 0.2) is 27.8 Å².